The number of carbonyl (C=O) groups is 1. The predicted molar refractivity (Wildman–Crippen MR) is 66.3 cm³/mol. The topological polar surface area (TPSA) is 34.5 Å². The quantitative estimate of drug-likeness (QED) is 0.801. The molecule has 2 rings (SSSR count). The Bertz CT molecular complexity index is 462. The van der Waals surface area contributed by atoms with Crippen molar-refractivity contribution in [2.45, 2.75) is 25.1 Å². The van der Waals surface area contributed by atoms with Crippen LogP contribution in [0.15, 0.2) is 18.3 Å². The number of aromatic nitrogens is 1. The molecule has 1 aromatic rings. The molecule has 2 heterocycles. The van der Waals surface area contributed by atoms with Crippen molar-refractivity contribution in [1.29, 1.82) is 0 Å². The highest BCUT2D eigenvalue weighted by Crippen LogP contribution is 2.21. The minimum Gasteiger partial charge on any atom is -0.458 e. The summed E-state index contributed by atoms with van der Waals surface area (Å²) >= 11 is 0. The van der Waals surface area contributed by atoms with E-state index in [9.17, 15) is 18.0 Å². The highest BCUT2D eigenvalue weighted by Gasteiger charge is 2.33. The summed E-state index contributed by atoms with van der Waals surface area (Å²) in [5, 5.41) is 0. The van der Waals surface area contributed by atoms with Gasteiger partial charge in [-0.2, -0.15) is 13.2 Å². The number of nitrogens with zero attached hydrogens (tertiary/aromatic N) is 2. The molecule has 0 amide bonds. The molecule has 0 aliphatic carbocycles. The molecule has 0 N–H and O–H groups in total. The van der Waals surface area contributed by atoms with Crippen molar-refractivity contribution >= 4 is 5.97 Å². The van der Waals surface area contributed by atoms with Crippen molar-refractivity contribution in [1.82, 2.24) is 9.47 Å². The predicted octanol–water partition coefficient (Wildman–Crippen LogP) is 2.21. The van der Waals surface area contributed by atoms with Crippen molar-refractivity contribution < 1.29 is 22.7 Å². The first kappa shape index (κ1) is 14.9. The van der Waals surface area contributed by atoms with Crippen molar-refractivity contribution in [2.75, 3.05) is 19.6 Å². The smallest absolute Gasteiger partial charge is 0.401 e. The van der Waals surface area contributed by atoms with Gasteiger partial charge in [0, 0.05) is 26.3 Å². The van der Waals surface area contributed by atoms with Crippen LogP contribution < -0.4 is 0 Å². The lowest BCUT2D eigenvalue weighted by Crippen LogP contribution is -2.42. The summed E-state index contributed by atoms with van der Waals surface area (Å²) in [7, 11) is 1.74. The Morgan fingerprint density at radius 3 is 2.55 bits per heavy atom. The summed E-state index contributed by atoms with van der Waals surface area (Å²) in [5.74, 6) is -0.424. The third kappa shape index (κ3) is 4.00. The van der Waals surface area contributed by atoms with E-state index in [1.54, 1.807) is 29.9 Å². The Labute approximate surface area is 115 Å². The number of esters is 1. The van der Waals surface area contributed by atoms with Crippen LogP contribution in [-0.2, 0) is 11.8 Å². The zero-order valence-electron chi connectivity index (χ0n) is 11.2. The van der Waals surface area contributed by atoms with Crippen LogP contribution in [0.4, 0.5) is 13.2 Å². The molecule has 1 aliphatic heterocycles. The molecular formula is C13H17F3N2O2. The van der Waals surface area contributed by atoms with Crippen LogP contribution in [0.2, 0.25) is 0 Å². The monoisotopic (exact) mass is 290 g/mol. The van der Waals surface area contributed by atoms with E-state index in [4.69, 9.17) is 4.74 Å². The molecule has 0 spiro atoms. The summed E-state index contributed by atoms with van der Waals surface area (Å²) in [6.07, 6.45) is -1.87. The fourth-order valence-corrected chi connectivity index (χ4v) is 2.32. The first-order valence-corrected chi connectivity index (χ1v) is 6.46. The average Bonchev–Trinajstić information content (AvgIpc) is 2.76. The molecule has 1 aliphatic rings. The molecule has 1 fully saturated rings. The lowest BCUT2D eigenvalue weighted by Gasteiger charge is -2.31. The molecule has 0 saturated carbocycles. The first-order valence-electron chi connectivity index (χ1n) is 6.46. The molecule has 1 saturated heterocycles. The third-order valence-electron chi connectivity index (χ3n) is 3.36. The van der Waals surface area contributed by atoms with Crippen LogP contribution in [0.5, 0.6) is 0 Å². The maximum atomic E-state index is 12.2. The largest absolute Gasteiger partial charge is 0.458 e. The summed E-state index contributed by atoms with van der Waals surface area (Å²) in [4.78, 5) is 13.2. The number of aryl methyl sites for hydroxylation is 1. The second-order valence-corrected chi connectivity index (χ2v) is 5.00. The number of halogens is 3. The van der Waals surface area contributed by atoms with Gasteiger partial charge in [0.25, 0.3) is 0 Å². The molecule has 0 bridgehead atoms. The normalized spacial score (nSPS) is 18.2. The molecule has 0 unspecified atom stereocenters. The fraction of sp³-hybridized carbons (Fsp3) is 0.615. The van der Waals surface area contributed by atoms with Crippen molar-refractivity contribution in [3.63, 3.8) is 0 Å². The summed E-state index contributed by atoms with van der Waals surface area (Å²) in [6, 6.07) is 3.39. The van der Waals surface area contributed by atoms with Crippen LogP contribution in [-0.4, -0.2) is 47.4 Å². The Morgan fingerprint density at radius 1 is 1.40 bits per heavy atom. The maximum absolute atomic E-state index is 12.2. The van der Waals surface area contributed by atoms with Gasteiger partial charge in [0.2, 0.25) is 0 Å². The molecule has 20 heavy (non-hydrogen) atoms. The number of hydrogen-bond donors (Lipinski definition) is 0. The number of piperidine rings is 1. The van der Waals surface area contributed by atoms with E-state index in [2.05, 4.69) is 0 Å². The van der Waals surface area contributed by atoms with E-state index in [0.29, 0.717) is 31.6 Å². The van der Waals surface area contributed by atoms with E-state index in [1.807, 2.05) is 0 Å². The van der Waals surface area contributed by atoms with Gasteiger partial charge in [-0.1, -0.05) is 0 Å². The van der Waals surface area contributed by atoms with E-state index < -0.39 is 18.7 Å². The summed E-state index contributed by atoms with van der Waals surface area (Å²) in [6.45, 7) is -0.305. The van der Waals surface area contributed by atoms with Gasteiger partial charge in [0.1, 0.15) is 11.8 Å². The number of rotatable bonds is 3. The number of carbonyl (C=O) groups excluding carboxylic acids is 1. The van der Waals surface area contributed by atoms with Gasteiger partial charge in [0.05, 0.1) is 6.54 Å². The molecule has 112 valence electrons. The second kappa shape index (κ2) is 5.87. The highest BCUT2D eigenvalue weighted by atomic mass is 19.4. The van der Waals surface area contributed by atoms with Crippen LogP contribution >= 0.6 is 0 Å². The van der Waals surface area contributed by atoms with Gasteiger partial charge >= 0.3 is 12.1 Å². The average molecular weight is 290 g/mol. The zero-order valence-corrected chi connectivity index (χ0v) is 11.2. The van der Waals surface area contributed by atoms with Gasteiger partial charge in [-0.05, 0) is 25.0 Å². The van der Waals surface area contributed by atoms with E-state index in [1.165, 1.54) is 4.90 Å². The molecular weight excluding hydrogens is 273 g/mol. The molecule has 4 nitrogen and oxygen atoms in total. The summed E-state index contributed by atoms with van der Waals surface area (Å²) in [5.41, 5.74) is 0.447. The number of hydrogen-bond acceptors (Lipinski definition) is 3. The van der Waals surface area contributed by atoms with E-state index >= 15 is 0 Å². The van der Waals surface area contributed by atoms with E-state index in [-0.39, 0.29) is 6.10 Å². The van der Waals surface area contributed by atoms with Crippen LogP contribution in [0.1, 0.15) is 23.3 Å². The highest BCUT2D eigenvalue weighted by molar-refractivity contribution is 5.87. The van der Waals surface area contributed by atoms with Gasteiger partial charge < -0.3 is 9.30 Å². The fourth-order valence-electron chi connectivity index (χ4n) is 2.32. The third-order valence-corrected chi connectivity index (χ3v) is 3.36. The Balaban J connectivity index is 1.80. The van der Waals surface area contributed by atoms with Gasteiger partial charge in [-0.25, -0.2) is 4.79 Å². The molecule has 1 aromatic heterocycles. The number of ether oxygens (including phenoxy) is 1. The summed E-state index contributed by atoms with van der Waals surface area (Å²) < 4.78 is 43.7. The van der Waals surface area contributed by atoms with Crippen LogP contribution in [0.25, 0.3) is 0 Å². The molecule has 0 aromatic carbocycles. The van der Waals surface area contributed by atoms with Crippen molar-refractivity contribution in [2.24, 2.45) is 7.05 Å². The van der Waals surface area contributed by atoms with Crippen LogP contribution in [0.3, 0.4) is 0 Å². The molecule has 0 radical (unpaired) electrons. The lowest BCUT2D eigenvalue weighted by molar-refractivity contribution is -0.150. The standard InChI is InChI=1S/C13H17F3N2O2/c1-17-6-2-3-11(17)12(19)20-10-4-7-18(8-5-10)9-13(14,15)16/h2-3,6,10H,4-5,7-9H2,1H3. The minimum absolute atomic E-state index is 0.296. The number of alkyl halides is 3. The Morgan fingerprint density at radius 2 is 2.05 bits per heavy atom. The van der Waals surface area contributed by atoms with Gasteiger partial charge in [-0.3, -0.25) is 4.90 Å². The molecule has 0 atom stereocenters. The van der Waals surface area contributed by atoms with Gasteiger partial charge in [-0.15, -0.1) is 0 Å². The Kier molecular flexibility index (Phi) is 4.37. The lowest BCUT2D eigenvalue weighted by atomic mass is 10.1. The van der Waals surface area contributed by atoms with Crippen LogP contribution in [0, 0.1) is 0 Å². The van der Waals surface area contributed by atoms with Crippen molar-refractivity contribution in [3.8, 4) is 0 Å². The van der Waals surface area contributed by atoms with E-state index in [0.717, 1.165) is 0 Å². The second-order valence-electron chi connectivity index (χ2n) is 5.00. The minimum atomic E-state index is -4.17. The zero-order chi connectivity index (χ0) is 14.8. The first-order chi connectivity index (χ1) is 9.35. The van der Waals surface area contributed by atoms with Crippen molar-refractivity contribution in [3.05, 3.63) is 24.0 Å². The maximum Gasteiger partial charge on any atom is 0.401 e. The van der Waals surface area contributed by atoms with Gasteiger partial charge in [0.15, 0.2) is 0 Å². The SMILES string of the molecule is Cn1cccc1C(=O)OC1CCN(CC(F)(F)F)CC1. The number of likely N-dealkylation sites (tertiary alicyclic amines) is 1. The molecule has 7 heteroatoms. The Hall–Kier alpha value is -1.50.